The number of aromatic nitrogens is 1. The van der Waals surface area contributed by atoms with Crippen molar-refractivity contribution >= 4 is 51.4 Å². The number of benzene rings is 1. The summed E-state index contributed by atoms with van der Waals surface area (Å²) in [5.41, 5.74) is 0.946. The molecule has 1 fully saturated rings. The molecule has 0 spiro atoms. The van der Waals surface area contributed by atoms with Crippen molar-refractivity contribution in [3.05, 3.63) is 64.5 Å². The molecule has 1 aromatic heterocycles. The van der Waals surface area contributed by atoms with Crippen molar-refractivity contribution < 1.29 is 14.7 Å². The van der Waals surface area contributed by atoms with E-state index in [1.165, 1.54) is 40.1 Å². The smallest absolute Gasteiger partial charge is 0.335 e. The van der Waals surface area contributed by atoms with Crippen LogP contribution in [-0.4, -0.2) is 38.6 Å². The number of aromatic carboxylic acids is 1. The number of amides is 1. The Hall–Kier alpha value is -2.71. The third-order valence-corrected chi connectivity index (χ3v) is 4.94. The number of carboxylic acid groups (broad SMARTS) is 1. The fraction of sp³-hybridized carbons (Fsp3) is 0.0588. The van der Waals surface area contributed by atoms with Crippen molar-refractivity contribution in [2.24, 2.45) is 4.99 Å². The maximum Gasteiger partial charge on any atom is 0.335 e. The Morgan fingerprint density at radius 2 is 2.12 bits per heavy atom. The zero-order valence-electron chi connectivity index (χ0n) is 13.0. The Kier molecular flexibility index (Phi) is 5.11. The van der Waals surface area contributed by atoms with Crippen molar-refractivity contribution in [2.45, 2.75) is 0 Å². The van der Waals surface area contributed by atoms with Gasteiger partial charge in [0.15, 0.2) is 5.17 Å². The van der Waals surface area contributed by atoms with Crippen LogP contribution in [-0.2, 0) is 4.79 Å². The average Bonchev–Trinajstić information content (AvgIpc) is 3.20. The van der Waals surface area contributed by atoms with Crippen LogP contribution in [0.2, 0.25) is 0 Å². The second kappa shape index (κ2) is 7.45. The number of carbonyl (C=O) groups excluding carboxylic acids is 1. The minimum absolute atomic E-state index is 0.164. The van der Waals surface area contributed by atoms with Crippen LogP contribution < -0.4 is 0 Å². The van der Waals surface area contributed by atoms with Crippen LogP contribution in [0.4, 0.5) is 5.13 Å². The molecule has 0 atom stereocenters. The highest BCUT2D eigenvalue weighted by Crippen LogP contribution is 2.34. The molecule has 25 heavy (non-hydrogen) atoms. The van der Waals surface area contributed by atoms with Gasteiger partial charge in [0.2, 0.25) is 5.13 Å². The van der Waals surface area contributed by atoms with E-state index in [9.17, 15) is 9.59 Å². The number of nitrogens with zero attached hydrogens (tertiary/aromatic N) is 3. The molecular weight excluding hydrogens is 358 g/mol. The van der Waals surface area contributed by atoms with Gasteiger partial charge in [0.05, 0.1) is 10.5 Å². The lowest BCUT2D eigenvalue weighted by Crippen LogP contribution is -2.29. The standard InChI is InChI=1S/C17H13N3O3S2/c1-2-8-20-14(21)13(25-17(20)19-16-18-7-9-24-16)10-11-3-5-12(6-4-11)15(22)23/h2-7,9-10H,1,8H2,(H,22,23). The van der Waals surface area contributed by atoms with Gasteiger partial charge in [-0.05, 0) is 35.5 Å². The van der Waals surface area contributed by atoms with E-state index < -0.39 is 5.97 Å². The number of hydrogen-bond donors (Lipinski definition) is 1. The van der Waals surface area contributed by atoms with E-state index >= 15 is 0 Å². The molecule has 2 heterocycles. The number of hydrogen-bond acceptors (Lipinski definition) is 6. The molecule has 1 aliphatic rings. The first-order valence-corrected chi connectivity index (χ1v) is 8.92. The van der Waals surface area contributed by atoms with E-state index in [0.717, 1.165) is 5.56 Å². The molecule has 1 N–H and O–H groups in total. The molecule has 6 nitrogen and oxygen atoms in total. The van der Waals surface area contributed by atoms with Gasteiger partial charge in [-0.2, -0.15) is 4.99 Å². The third kappa shape index (κ3) is 3.86. The molecule has 126 valence electrons. The first-order valence-electron chi connectivity index (χ1n) is 7.22. The van der Waals surface area contributed by atoms with E-state index in [-0.39, 0.29) is 11.5 Å². The van der Waals surface area contributed by atoms with Gasteiger partial charge < -0.3 is 5.11 Å². The van der Waals surface area contributed by atoms with Gasteiger partial charge in [-0.15, -0.1) is 17.9 Å². The van der Waals surface area contributed by atoms with Crippen LogP contribution in [0.25, 0.3) is 6.08 Å². The first kappa shape index (κ1) is 17.1. The maximum absolute atomic E-state index is 12.6. The van der Waals surface area contributed by atoms with Gasteiger partial charge in [-0.3, -0.25) is 9.69 Å². The number of thiazole rings is 1. The van der Waals surface area contributed by atoms with E-state index in [1.54, 1.807) is 30.5 Å². The Balaban J connectivity index is 1.90. The second-order valence-electron chi connectivity index (χ2n) is 4.95. The van der Waals surface area contributed by atoms with Crippen molar-refractivity contribution in [3.8, 4) is 0 Å². The number of amidine groups is 1. The van der Waals surface area contributed by atoms with Crippen LogP contribution in [0.3, 0.4) is 0 Å². The summed E-state index contributed by atoms with van der Waals surface area (Å²) in [6, 6.07) is 6.34. The highest BCUT2D eigenvalue weighted by Gasteiger charge is 2.32. The molecule has 0 bridgehead atoms. The molecule has 2 aromatic rings. The molecule has 3 rings (SSSR count). The highest BCUT2D eigenvalue weighted by molar-refractivity contribution is 8.18. The van der Waals surface area contributed by atoms with Gasteiger partial charge in [0.1, 0.15) is 0 Å². The molecule has 0 saturated carbocycles. The number of thioether (sulfide) groups is 1. The van der Waals surface area contributed by atoms with Gasteiger partial charge in [-0.1, -0.05) is 18.2 Å². The molecule has 1 aliphatic heterocycles. The van der Waals surface area contributed by atoms with Crippen molar-refractivity contribution in [2.75, 3.05) is 6.54 Å². The molecule has 0 radical (unpaired) electrons. The zero-order valence-corrected chi connectivity index (χ0v) is 14.6. The summed E-state index contributed by atoms with van der Waals surface area (Å²) in [6.45, 7) is 4.03. The lowest BCUT2D eigenvalue weighted by atomic mass is 10.1. The monoisotopic (exact) mass is 371 g/mol. The fourth-order valence-electron chi connectivity index (χ4n) is 2.11. The highest BCUT2D eigenvalue weighted by atomic mass is 32.2. The number of carbonyl (C=O) groups is 2. The summed E-state index contributed by atoms with van der Waals surface area (Å²) in [6.07, 6.45) is 5.02. The van der Waals surface area contributed by atoms with E-state index in [4.69, 9.17) is 5.11 Å². The quantitative estimate of drug-likeness (QED) is 0.641. The molecule has 1 saturated heterocycles. The predicted molar refractivity (Wildman–Crippen MR) is 100 cm³/mol. The van der Waals surface area contributed by atoms with Gasteiger partial charge >= 0.3 is 5.97 Å². The van der Waals surface area contributed by atoms with Crippen LogP contribution in [0.5, 0.6) is 0 Å². The Morgan fingerprint density at radius 3 is 2.72 bits per heavy atom. The topological polar surface area (TPSA) is 82.9 Å². The molecular formula is C17H13N3O3S2. The minimum atomic E-state index is -0.986. The zero-order chi connectivity index (χ0) is 17.8. The SMILES string of the molecule is C=CCN1C(=O)C(=Cc2ccc(C(=O)O)cc2)SC1=Nc1nccs1. The number of aliphatic imine (C=N–C) groups is 1. The second-order valence-corrected chi connectivity index (χ2v) is 6.83. The van der Waals surface area contributed by atoms with Crippen LogP contribution in [0, 0.1) is 0 Å². The van der Waals surface area contributed by atoms with Gasteiger partial charge in [0.25, 0.3) is 5.91 Å². The fourth-order valence-corrected chi connectivity index (χ4v) is 3.66. The summed E-state index contributed by atoms with van der Waals surface area (Å²) in [5, 5.41) is 11.9. The number of carboxylic acids is 1. The van der Waals surface area contributed by atoms with Crippen molar-refractivity contribution in [3.63, 3.8) is 0 Å². The van der Waals surface area contributed by atoms with E-state index in [0.29, 0.717) is 21.7 Å². The Morgan fingerprint density at radius 1 is 1.36 bits per heavy atom. The first-order chi connectivity index (χ1) is 12.1. The molecule has 8 heteroatoms. The minimum Gasteiger partial charge on any atom is -0.478 e. The van der Waals surface area contributed by atoms with Crippen LogP contribution in [0.1, 0.15) is 15.9 Å². The third-order valence-electron chi connectivity index (χ3n) is 3.27. The Bertz CT molecular complexity index is 871. The summed E-state index contributed by atoms with van der Waals surface area (Å²) in [5.74, 6) is -1.15. The predicted octanol–water partition coefficient (Wildman–Crippen LogP) is 3.63. The lowest BCUT2D eigenvalue weighted by molar-refractivity contribution is -0.121. The maximum atomic E-state index is 12.6. The van der Waals surface area contributed by atoms with Gasteiger partial charge in [0, 0.05) is 18.1 Å². The lowest BCUT2D eigenvalue weighted by Gasteiger charge is -2.11. The summed E-state index contributed by atoms with van der Waals surface area (Å²) >= 11 is 2.65. The van der Waals surface area contributed by atoms with E-state index in [2.05, 4.69) is 16.6 Å². The van der Waals surface area contributed by atoms with Gasteiger partial charge in [-0.25, -0.2) is 9.78 Å². The molecule has 1 amide bonds. The van der Waals surface area contributed by atoms with E-state index in [1.807, 2.05) is 5.38 Å². The summed E-state index contributed by atoms with van der Waals surface area (Å²) in [7, 11) is 0. The Labute approximate surface area is 152 Å². The summed E-state index contributed by atoms with van der Waals surface area (Å²) in [4.78, 5) is 34.1. The molecule has 1 aromatic carbocycles. The largest absolute Gasteiger partial charge is 0.478 e. The van der Waals surface area contributed by atoms with Crippen molar-refractivity contribution in [1.29, 1.82) is 0 Å². The van der Waals surface area contributed by atoms with Crippen LogP contribution >= 0.6 is 23.1 Å². The average molecular weight is 371 g/mol. The van der Waals surface area contributed by atoms with Crippen molar-refractivity contribution in [1.82, 2.24) is 9.88 Å². The van der Waals surface area contributed by atoms with Crippen LogP contribution in [0.15, 0.2) is 58.4 Å². The number of rotatable bonds is 5. The normalized spacial score (nSPS) is 17.4. The summed E-state index contributed by atoms with van der Waals surface area (Å²) < 4.78 is 0. The molecule has 0 unspecified atom stereocenters. The molecule has 0 aliphatic carbocycles.